The lowest BCUT2D eigenvalue weighted by atomic mass is 9.92. The van der Waals surface area contributed by atoms with Crippen molar-refractivity contribution < 1.29 is 9.18 Å². The molecule has 1 unspecified atom stereocenters. The SMILES string of the molecule is N#CC(C(=O)c1ccc(Br)cc1F)c1cccc(Cl)c1. The minimum Gasteiger partial charge on any atom is -0.292 e. The van der Waals surface area contributed by atoms with Crippen molar-refractivity contribution in [3.63, 3.8) is 0 Å². The van der Waals surface area contributed by atoms with E-state index in [9.17, 15) is 14.4 Å². The summed E-state index contributed by atoms with van der Waals surface area (Å²) in [5, 5.41) is 9.62. The summed E-state index contributed by atoms with van der Waals surface area (Å²) in [6.45, 7) is 0. The van der Waals surface area contributed by atoms with Gasteiger partial charge in [0, 0.05) is 9.50 Å². The Kier molecular flexibility index (Phi) is 4.53. The van der Waals surface area contributed by atoms with Crippen LogP contribution in [0, 0.1) is 17.1 Å². The number of halogens is 3. The lowest BCUT2D eigenvalue weighted by Gasteiger charge is -2.10. The maximum absolute atomic E-state index is 13.8. The molecule has 2 aromatic rings. The van der Waals surface area contributed by atoms with E-state index >= 15 is 0 Å². The zero-order chi connectivity index (χ0) is 14.7. The Hall–Kier alpha value is -1.70. The van der Waals surface area contributed by atoms with Gasteiger partial charge in [-0.1, -0.05) is 39.7 Å². The molecule has 0 heterocycles. The lowest BCUT2D eigenvalue weighted by molar-refractivity contribution is 0.0975. The molecular formula is C15H8BrClFNO. The molecule has 0 saturated carbocycles. The molecule has 0 N–H and O–H groups in total. The predicted octanol–water partition coefficient (Wildman–Crippen LogP) is 4.73. The molecule has 0 saturated heterocycles. The topological polar surface area (TPSA) is 40.9 Å². The van der Waals surface area contributed by atoms with Crippen LogP contribution < -0.4 is 0 Å². The Bertz CT molecular complexity index is 711. The maximum atomic E-state index is 13.8. The van der Waals surface area contributed by atoms with E-state index in [2.05, 4.69) is 15.9 Å². The summed E-state index contributed by atoms with van der Waals surface area (Å²) in [5.41, 5.74) is 0.340. The number of rotatable bonds is 3. The van der Waals surface area contributed by atoms with Crippen LogP contribution in [0.3, 0.4) is 0 Å². The molecule has 0 spiro atoms. The fourth-order valence-corrected chi connectivity index (χ4v) is 2.35. The van der Waals surface area contributed by atoms with Crippen molar-refractivity contribution in [2.24, 2.45) is 0 Å². The summed E-state index contributed by atoms with van der Waals surface area (Å²) in [6.07, 6.45) is 0. The number of carbonyl (C=O) groups is 1. The van der Waals surface area contributed by atoms with Crippen LogP contribution in [0.5, 0.6) is 0 Å². The minimum atomic E-state index is -1.08. The fraction of sp³-hybridized carbons (Fsp3) is 0.0667. The van der Waals surface area contributed by atoms with Gasteiger partial charge in [0.05, 0.1) is 11.6 Å². The second-order valence-corrected chi connectivity index (χ2v) is 5.46. The van der Waals surface area contributed by atoms with Gasteiger partial charge in [-0.15, -0.1) is 0 Å². The van der Waals surface area contributed by atoms with E-state index in [1.54, 1.807) is 24.3 Å². The van der Waals surface area contributed by atoms with Crippen LogP contribution in [-0.2, 0) is 0 Å². The number of hydrogen-bond acceptors (Lipinski definition) is 2. The predicted molar refractivity (Wildman–Crippen MR) is 78.2 cm³/mol. The Labute approximate surface area is 128 Å². The van der Waals surface area contributed by atoms with Crippen molar-refractivity contribution >= 4 is 33.3 Å². The van der Waals surface area contributed by atoms with Gasteiger partial charge in [-0.3, -0.25) is 4.79 Å². The van der Waals surface area contributed by atoms with E-state index in [1.165, 1.54) is 18.2 Å². The number of nitriles is 1. The van der Waals surface area contributed by atoms with Crippen LogP contribution in [0.15, 0.2) is 46.9 Å². The number of ketones is 1. The van der Waals surface area contributed by atoms with Crippen molar-refractivity contribution in [1.29, 1.82) is 5.26 Å². The smallest absolute Gasteiger partial charge is 0.187 e. The van der Waals surface area contributed by atoms with Crippen molar-refractivity contribution in [2.75, 3.05) is 0 Å². The molecule has 0 bridgehead atoms. The molecule has 0 amide bonds. The average Bonchev–Trinajstić information content (AvgIpc) is 2.39. The first kappa shape index (κ1) is 14.7. The second kappa shape index (κ2) is 6.17. The van der Waals surface area contributed by atoms with E-state index in [-0.39, 0.29) is 5.56 Å². The fourth-order valence-electron chi connectivity index (χ4n) is 1.82. The minimum absolute atomic E-state index is 0.111. The summed E-state index contributed by atoms with van der Waals surface area (Å²) < 4.78 is 14.3. The third-order valence-corrected chi connectivity index (χ3v) is 3.50. The van der Waals surface area contributed by atoms with E-state index in [0.29, 0.717) is 15.1 Å². The van der Waals surface area contributed by atoms with Crippen LogP contribution in [0.25, 0.3) is 0 Å². The molecule has 0 aromatic heterocycles. The third-order valence-electron chi connectivity index (χ3n) is 2.77. The van der Waals surface area contributed by atoms with Gasteiger partial charge < -0.3 is 0 Å². The van der Waals surface area contributed by atoms with Crippen LogP contribution in [0.4, 0.5) is 4.39 Å². The van der Waals surface area contributed by atoms with Gasteiger partial charge in [-0.2, -0.15) is 5.26 Å². The molecule has 1 atom stereocenters. The summed E-state index contributed by atoms with van der Waals surface area (Å²) in [6, 6.07) is 12.4. The maximum Gasteiger partial charge on any atom is 0.187 e. The Morgan fingerprint density at radius 1 is 1.30 bits per heavy atom. The van der Waals surface area contributed by atoms with Crippen molar-refractivity contribution in [2.45, 2.75) is 5.92 Å². The first-order valence-corrected chi connectivity index (χ1v) is 6.84. The number of carbonyl (C=O) groups excluding carboxylic acids is 1. The quantitative estimate of drug-likeness (QED) is 0.749. The largest absolute Gasteiger partial charge is 0.292 e. The van der Waals surface area contributed by atoms with Gasteiger partial charge in [-0.25, -0.2) is 4.39 Å². The van der Waals surface area contributed by atoms with Crippen LogP contribution in [0.2, 0.25) is 5.02 Å². The zero-order valence-electron chi connectivity index (χ0n) is 10.1. The van der Waals surface area contributed by atoms with Gasteiger partial charge in [-0.05, 0) is 35.9 Å². The highest BCUT2D eigenvalue weighted by molar-refractivity contribution is 9.10. The molecule has 0 aliphatic heterocycles. The Morgan fingerprint density at radius 2 is 2.05 bits per heavy atom. The first-order valence-electron chi connectivity index (χ1n) is 5.67. The van der Waals surface area contributed by atoms with Gasteiger partial charge in [0.25, 0.3) is 0 Å². The van der Waals surface area contributed by atoms with Gasteiger partial charge in [0.2, 0.25) is 0 Å². The van der Waals surface area contributed by atoms with Crippen molar-refractivity contribution in [3.05, 3.63) is 68.9 Å². The Balaban J connectivity index is 2.42. The van der Waals surface area contributed by atoms with Gasteiger partial charge >= 0.3 is 0 Å². The van der Waals surface area contributed by atoms with E-state index < -0.39 is 17.5 Å². The summed E-state index contributed by atoms with van der Waals surface area (Å²) in [5.74, 6) is -2.32. The van der Waals surface area contributed by atoms with Gasteiger partial charge in [0.1, 0.15) is 11.7 Å². The summed E-state index contributed by atoms with van der Waals surface area (Å²) in [7, 11) is 0. The molecule has 0 radical (unpaired) electrons. The highest BCUT2D eigenvalue weighted by atomic mass is 79.9. The van der Waals surface area contributed by atoms with E-state index in [4.69, 9.17) is 11.6 Å². The monoisotopic (exact) mass is 351 g/mol. The van der Waals surface area contributed by atoms with E-state index in [1.807, 2.05) is 6.07 Å². The third kappa shape index (κ3) is 3.06. The number of nitrogens with zero attached hydrogens (tertiary/aromatic N) is 1. The molecule has 2 nitrogen and oxygen atoms in total. The molecule has 0 fully saturated rings. The number of Topliss-reactive ketones (excluding diaryl/α,β-unsaturated/α-hetero) is 1. The lowest BCUT2D eigenvalue weighted by Crippen LogP contribution is -2.13. The van der Waals surface area contributed by atoms with Crippen molar-refractivity contribution in [3.8, 4) is 6.07 Å². The summed E-state index contributed by atoms with van der Waals surface area (Å²) in [4.78, 5) is 12.3. The zero-order valence-corrected chi connectivity index (χ0v) is 12.5. The molecular weight excluding hydrogens is 345 g/mol. The molecule has 20 heavy (non-hydrogen) atoms. The van der Waals surface area contributed by atoms with Gasteiger partial charge in [0.15, 0.2) is 5.78 Å². The molecule has 2 aromatic carbocycles. The summed E-state index contributed by atoms with van der Waals surface area (Å²) >= 11 is 8.97. The standard InChI is InChI=1S/C15H8BrClFNO/c16-10-4-5-12(14(18)7-10)15(20)13(8-19)9-2-1-3-11(17)6-9/h1-7,13H. The molecule has 2 rings (SSSR count). The number of benzene rings is 2. The molecule has 0 aliphatic carbocycles. The van der Waals surface area contributed by atoms with Crippen LogP contribution >= 0.6 is 27.5 Å². The van der Waals surface area contributed by atoms with Crippen LogP contribution in [-0.4, -0.2) is 5.78 Å². The van der Waals surface area contributed by atoms with Crippen molar-refractivity contribution in [1.82, 2.24) is 0 Å². The highest BCUT2D eigenvalue weighted by Crippen LogP contribution is 2.25. The first-order chi connectivity index (χ1) is 9.52. The Morgan fingerprint density at radius 3 is 2.65 bits per heavy atom. The average molecular weight is 353 g/mol. The normalized spacial score (nSPS) is 11.7. The second-order valence-electron chi connectivity index (χ2n) is 4.11. The molecule has 100 valence electrons. The number of hydrogen-bond donors (Lipinski definition) is 0. The molecule has 0 aliphatic rings. The molecule has 5 heteroatoms. The van der Waals surface area contributed by atoms with Crippen LogP contribution in [0.1, 0.15) is 21.8 Å². The van der Waals surface area contributed by atoms with E-state index in [0.717, 1.165) is 0 Å². The highest BCUT2D eigenvalue weighted by Gasteiger charge is 2.24.